The Kier molecular flexibility index (Phi) is 6.11. The average molecular weight is 255 g/mol. The highest BCUT2D eigenvalue weighted by atomic mass is 32.2. The van der Waals surface area contributed by atoms with Crippen molar-refractivity contribution in [2.24, 2.45) is 0 Å². The van der Waals surface area contributed by atoms with E-state index in [1.807, 2.05) is 31.7 Å². The Morgan fingerprint density at radius 1 is 1.47 bits per heavy atom. The highest BCUT2D eigenvalue weighted by Gasteiger charge is 2.06. The topological polar surface area (TPSA) is 47.0 Å². The van der Waals surface area contributed by atoms with Gasteiger partial charge in [-0.3, -0.25) is 0 Å². The Morgan fingerprint density at radius 2 is 2.24 bits per heavy atom. The number of aromatic nitrogens is 2. The van der Waals surface area contributed by atoms with Crippen LogP contribution in [0.1, 0.15) is 26.0 Å². The summed E-state index contributed by atoms with van der Waals surface area (Å²) >= 11 is 1.85. The van der Waals surface area contributed by atoms with E-state index in [1.165, 1.54) is 0 Å². The van der Waals surface area contributed by atoms with Crippen molar-refractivity contribution in [3.63, 3.8) is 0 Å². The lowest BCUT2D eigenvalue weighted by Gasteiger charge is -2.14. The van der Waals surface area contributed by atoms with Gasteiger partial charge in [0.15, 0.2) is 0 Å². The first kappa shape index (κ1) is 14.1. The number of hydrogen-bond acceptors (Lipinski definition) is 5. The minimum absolute atomic E-state index is 0.374. The standard InChI is InChI=1S/C12H21N3OS/c1-5-16-11-8-10(3)14-12(15-11)13-9(2)6-7-17-4/h8-9H,5-7H2,1-4H3,(H,13,14,15). The minimum atomic E-state index is 0.374. The number of rotatable bonds is 7. The van der Waals surface area contributed by atoms with Crippen molar-refractivity contribution in [3.8, 4) is 5.88 Å². The lowest BCUT2D eigenvalue weighted by atomic mass is 10.3. The molecule has 1 unspecified atom stereocenters. The van der Waals surface area contributed by atoms with E-state index in [1.54, 1.807) is 0 Å². The van der Waals surface area contributed by atoms with Gasteiger partial charge in [-0.15, -0.1) is 0 Å². The number of hydrogen-bond donors (Lipinski definition) is 1. The Balaban J connectivity index is 2.63. The van der Waals surface area contributed by atoms with Crippen molar-refractivity contribution in [1.82, 2.24) is 9.97 Å². The summed E-state index contributed by atoms with van der Waals surface area (Å²) in [7, 11) is 0. The molecule has 0 aromatic carbocycles. The Labute approximate surface area is 108 Å². The van der Waals surface area contributed by atoms with Crippen LogP contribution in [0.15, 0.2) is 6.07 Å². The second kappa shape index (κ2) is 7.37. The third-order valence-corrected chi connectivity index (χ3v) is 2.90. The fraction of sp³-hybridized carbons (Fsp3) is 0.667. The molecule has 4 nitrogen and oxygen atoms in total. The monoisotopic (exact) mass is 255 g/mol. The number of nitrogens with zero attached hydrogens (tertiary/aromatic N) is 2. The van der Waals surface area contributed by atoms with Crippen LogP contribution in [0.25, 0.3) is 0 Å². The summed E-state index contributed by atoms with van der Waals surface area (Å²) in [6.45, 7) is 6.66. The second-order valence-electron chi connectivity index (χ2n) is 3.93. The molecule has 1 aromatic rings. The third-order valence-electron chi connectivity index (χ3n) is 2.25. The van der Waals surface area contributed by atoms with Crippen LogP contribution in [0.4, 0.5) is 5.95 Å². The minimum Gasteiger partial charge on any atom is -0.478 e. The van der Waals surface area contributed by atoms with Gasteiger partial charge in [-0.05, 0) is 39.2 Å². The maximum atomic E-state index is 5.39. The Morgan fingerprint density at radius 3 is 2.88 bits per heavy atom. The molecular weight excluding hydrogens is 234 g/mol. The van der Waals surface area contributed by atoms with Crippen LogP contribution in [-0.2, 0) is 0 Å². The number of aryl methyl sites for hydroxylation is 1. The van der Waals surface area contributed by atoms with Gasteiger partial charge in [-0.1, -0.05) is 0 Å². The van der Waals surface area contributed by atoms with Crippen LogP contribution >= 0.6 is 11.8 Å². The molecule has 0 aliphatic rings. The van der Waals surface area contributed by atoms with E-state index in [-0.39, 0.29) is 0 Å². The van der Waals surface area contributed by atoms with Gasteiger partial charge < -0.3 is 10.1 Å². The van der Waals surface area contributed by atoms with Crippen molar-refractivity contribution in [2.45, 2.75) is 33.2 Å². The predicted molar refractivity (Wildman–Crippen MR) is 74.0 cm³/mol. The molecule has 0 spiro atoms. The maximum absolute atomic E-state index is 5.39. The van der Waals surface area contributed by atoms with Crippen molar-refractivity contribution < 1.29 is 4.74 Å². The summed E-state index contributed by atoms with van der Waals surface area (Å²) in [5.41, 5.74) is 0.919. The van der Waals surface area contributed by atoms with Gasteiger partial charge in [0.25, 0.3) is 0 Å². The molecule has 5 heteroatoms. The molecule has 1 rings (SSSR count). The van der Waals surface area contributed by atoms with Gasteiger partial charge >= 0.3 is 0 Å². The van der Waals surface area contributed by atoms with E-state index in [0.29, 0.717) is 24.5 Å². The molecule has 1 N–H and O–H groups in total. The van der Waals surface area contributed by atoms with Crippen LogP contribution < -0.4 is 10.1 Å². The quantitative estimate of drug-likeness (QED) is 0.811. The van der Waals surface area contributed by atoms with Crippen LogP contribution in [0.3, 0.4) is 0 Å². The molecule has 0 saturated carbocycles. The summed E-state index contributed by atoms with van der Waals surface area (Å²) in [5.74, 6) is 2.43. The predicted octanol–water partition coefficient (Wildman–Crippen LogP) is 2.74. The molecule has 0 bridgehead atoms. The molecular formula is C12H21N3OS. The molecule has 1 atom stereocenters. The summed E-state index contributed by atoms with van der Waals surface area (Å²) in [6.07, 6.45) is 3.21. The SMILES string of the molecule is CCOc1cc(C)nc(NC(C)CCSC)n1. The zero-order valence-corrected chi connectivity index (χ0v) is 11.8. The Bertz CT molecular complexity index is 347. The lowest BCUT2D eigenvalue weighted by molar-refractivity contribution is 0.326. The molecule has 17 heavy (non-hydrogen) atoms. The average Bonchev–Trinajstić information content (AvgIpc) is 2.26. The van der Waals surface area contributed by atoms with E-state index in [4.69, 9.17) is 4.74 Å². The van der Waals surface area contributed by atoms with Crippen LogP contribution in [0.2, 0.25) is 0 Å². The van der Waals surface area contributed by atoms with Crippen LogP contribution in [-0.4, -0.2) is 34.6 Å². The van der Waals surface area contributed by atoms with Gasteiger partial charge in [0, 0.05) is 17.8 Å². The first-order valence-electron chi connectivity index (χ1n) is 5.89. The normalized spacial score (nSPS) is 12.2. The molecule has 1 aromatic heterocycles. The number of nitrogens with one attached hydrogen (secondary N) is 1. The molecule has 0 saturated heterocycles. The Hall–Kier alpha value is -0.970. The largest absolute Gasteiger partial charge is 0.478 e. The van der Waals surface area contributed by atoms with Gasteiger partial charge in [0.2, 0.25) is 11.8 Å². The highest BCUT2D eigenvalue weighted by molar-refractivity contribution is 7.98. The first-order valence-corrected chi connectivity index (χ1v) is 7.29. The number of thioether (sulfide) groups is 1. The lowest BCUT2D eigenvalue weighted by Crippen LogP contribution is -2.18. The number of ether oxygens (including phenoxy) is 1. The fourth-order valence-corrected chi connectivity index (χ4v) is 2.00. The van der Waals surface area contributed by atoms with E-state index in [0.717, 1.165) is 17.9 Å². The molecule has 96 valence electrons. The van der Waals surface area contributed by atoms with Gasteiger partial charge in [0.1, 0.15) is 0 Å². The fourth-order valence-electron chi connectivity index (χ4n) is 1.41. The molecule has 0 radical (unpaired) electrons. The van der Waals surface area contributed by atoms with Gasteiger partial charge in [0.05, 0.1) is 6.61 Å². The maximum Gasteiger partial charge on any atom is 0.226 e. The van der Waals surface area contributed by atoms with Crippen molar-refractivity contribution in [3.05, 3.63) is 11.8 Å². The van der Waals surface area contributed by atoms with Gasteiger partial charge in [-0.25, -0.2) is 4.98 Å². The molecule has 0 aliphatic carbocycles. The third kappa shape index (κ3) is 5.26. The van der Waals surface area contributed by atoms with Crippen molar-refractivity contribution >= 4 is 17.7 Å². The van der Waals surface area contributed by atoms with Crippen LogP contribution in [0, 0.1) is 6.92 Å². The molecule has 0 fully saturated rings. The van der Waals surface area contributed by atoms with E-state index >= 15 is 0 Å². The van der Waals surface area contributed by atoms with Gasteiger partial charge in [-0.2, -0.15) is 16.7 Å². The molecule has 0 amide bonds. The summed E-state index contributed by atoms with van der Waals surface area (Å²) in [5, 5.41) is 3.30. The smallest absolute Gasteiger partial charge is 0.226 e. The molecule has 1 heterocycles. The number of anilines is 1. The zero-order valence-electron chi connectivity index (χ0n) is 11.0. The van der Waals surface area contributed by atoms with Crippen molar-refractivity contribution in [1.29, 1.82) is 0 Å². The van der Waals surface area contributed by atoms with Crippen molar-refractivity contribution in [2.75, 3.05) is 23.9 Å². The van der Waals surface area contributed by atoms with E-state index in [9.17, 15) is 0 Å². The highest BCUT2D eigenvalue weighted by Crippen LogP contribution is 2.13. The summed E-state index contributed by atoms with van der Waals surface area (Å²) < 4.78 is 5.39. The summed E-state index contributed by atoms with van der Waals surface area (Å²) in [4.78, 5) is 8.68. The van der Waals surface area contributed by atoms with E-state index in [2.05, 4.69) is 28.5 Å². The summed E-state index contributed by atoms with van der Waals surface area (Å²) in [6, 6.07) is 2.22. The van der Waals surface area contributed by atoms with E-state index < -0.39 is 0 Å². The zero-order chi connectivity index (χ0) is 12.7. The first-order chi connectivity index (χ1) is 8.15. The van der Waals surface area contributed by atoms with Crippen LogP contribution in [0.5, 0.6) is 5.88 Å². The molecule has 0 aliphatic heterocycles. The second-order valence-corrected chi connectivity index (χ2v) is 4.92.